The molecule has 0 heterocycles. The Hall–Kier alpha value is -0.770. The van der Waals surface area contributed by atoms with Crippen LogP contribution in [0.3, 0.4) is 0 Å². The predicted molar refractivity (Wildman–Crippen MR) is 77.4 cm³/mol. The normalized spacial score (nSPS) is 23.8. The zero-order chi connectivity index (χ0) is 13.8. The number of para-hydroxylation sites is 1. The van der Waals surface area contributed by atoms with Gasteiger partial charge in [0, 0.05) is 18.7 Å². The van der Waals surface area contributed by atoms with Crippen molar-refractivity contribution in [3.05, 3.63) is 28.8 Å². The van der Waals surface area contributed by atoms with Crippen molar-refractivity contribution in [3.8, 4) is 5.75 Å². The monoisotopic (exact) mass is 283 g/mol. The predicted octanol–water partition coefficient (Wildman–Crippen LogP) is 3.03. The molecule has 4 heteroatoms. The fourth-order valence-corrected chi connectivity index (χ4v) is 3.04. The molecule has 0 aromatic heterocycles. The first-order chi connectivity index (χ1) is 9.08. The third-order valence-electron chi connectivity index (χ3n) is 3.93. The van der Waals surface area contributed by atoms with Crippen molar-refractivity contribution in [1.82, 2.24) is 4.90 Å². The van der Waals surface area contributed by atoms with Crippen molar-refractivity contribution >= 4 is 11.6 Å². The van der Waals surface area contributed by atoms with Crippen LogP contribution >= 0.6 is 11.6 Å². The lowest BCUT2D eigenvalue weighted by Crippen LogP contribution is -2.34. The number of aliphatic hydroxyl groups is 1. The van der Waals surface area contributed by atoms with Gasteiger partial charge in [-0.1, -0.05) is 36.6 Å². The molecule has 1 fully saturated rings. The molecule has 2 unspecified atom stereocenters. The van der Waals surface area contributed by atoms with E-state index in [1.54, 1.807) is 6.07 Å². The minimum absolute atomic E-state index is 0.167. The fourth-order valence-electron chi connectivity index (χ4n) is 2.84. The van der Waals surface area contributed by atoms with E-state index in [1.807, 2.05) is 19.2 Å². The van der Waals surface area contributed by atoms with E-state index < -0.39 is 0 Å². The highest BCUT2D eigenvalue weighted by molar-refractivity contribution is 6.32. The first kappa shape index (κ1) is 14.6. The molecule has 0 aliphatic heterocycles. The summed E-state index contributed by atoms with van der Waals surface area (Å²) in [4.78, 5) is 2.14. The Labute approximate surface area is 119 Å². The molecule has 19 heavy (non-hydrogen) atoms. The molecular weight excluding hydrogens is 262 g/mol. The van der Waals surface area contributed by atoms with E-state index >= 15 is 0 Å². The highest BCUT2D eigenvalue weighted by Gasteiger charge is 2.24. The van der Waals surface area contributed by atoms with Gasteiger partial charge in [0.15, 0.2) is 0 Å². The summed E-state index contributed by atoms with van der Waals surface area (Å²) >= 11 is 5.90. The molecule has 0 spiro atoms. The molecule has 2 atom stereocenters. The molecule has 1 aliphatic rings. The number of aliphatic hydroxyl groups excluding tert-OH is 1. The van der Waals surface area contributed by atoms with Crippen molar-refractivity contribution < 1.29 is 10.2 Å². The second kappa shape index (κ2) is 6.60. The molecule has 2 rings (SSSR count). The average Bonchev–Trinajstić information content (AvgIpc) is 2.38. The molecule has 3 nitrogen and oxygen atoms in total. The van der Waals surface area contributed by atoms with Gasteiger partial charge in [-0.15, -0.1) is 0 Å². The number of nitrogens with zero attached hydrogens (tertiary/aromatic N) is 1. The van der Waals surface area contributed by atoms with Gasteiger partial charge in [0.05, 0.1) is 11.1 Å². The Morgan fingerprint density at radius 3 is 2.79 bits per heavy atom. The van der Waals surface area contributed by atoms with Gasteiger partial charge < -0.3 is 15.1 Å². The Kier molecular flexibility index (Phi) is 5.08. The van der Waals surface area contributed by atoms with Gasteiger partial charge >= 0.3 is 0 Å². The van der Waals surface area contributed by atoms with Crippen LogP contribution in [0.15, 0.2) is 18.2 Å². The number of aromatic hydroxyl groups is 1. The Morgan fingerprint density at radius 2 is 2.05 bits per heavy atom. The van der Waals surface area contributed by atoms with Gasteiger partial charge in [0.1, 0.15) is 5.75 Å². The van der Waals surface area contributed by atoms with Crippen molar-refractivity contribution in [1.29, 1.82) is 0 Å². The number of hydrogen-bond donors (Lipinski definition) is 2. The lowest BCUT2D eigenvalue weighted by atomic mass is 9.86. The zero-order valence-electron chi connectivity index (χ0n) is 11.3. The number of phenols is 1. The number of halogens is 1. The molecule has 1 aromatic rings. The van der Waals surface area contributed by atoms with Crippen molar-refractivity contribution in [2.24, 2.45) is 5.92 Å². The van der Waals surface area contributed by atoms with Crippen LogP contribution in [0.5, 0.6) is 5.75 Å². The van der Waals surface area contributed by atoms with Crippen molar-refractivity contribution in [3.63, 3.8) is 0 Å². The summed E-state index contributed by atoms with van der Waals surface area (Å²) in [6, 6.07) is 5.42. The summed E-state index contributed by atoms with van der Waals surface area (Å²) < 4.78 is 0. The highest BCUT2D eigenvalue weighted by atomic mass is 35.5. The van der Waals surface area contributed by atoms with E-state index in [0.717, 1.165) is 31.4 Å². The van der Waals surface area contributed by atoms with Crippen LogP contribution < -0.4 is 0 Å². The molecule has 2 N–H and O–H groups in total. The van der Waals surface area contributed by atoms with Gasteiger partial charge in [0.2, 0.25) is 0 Å². The SMILES string of the molecule is CN(Cc1cccc(Cl)c1O)CC1CCCCC1O. The zero-order valence-corrected chi connectivity index (χ0v) is 12.1. The minimum Gasteiger partial charge on any atom is -0.506 e. The third kappa shape index (κ3) is 3.85. The molecule has 0 radical (unpaired) electrons. The summed E-state index contributed by atoms with van der Waals surface area (Å²) in [7, 11) is 2.02. The maximum atomic E-state index is 9.99. The number of phenolic OH excluding ortho intramolecular Hbond substituents is 1. The lowest BCUT2D eigenvalue weighted by Gasteiger charge is -2.31. The first-order valence-electron chi connectivity index (χ1n) is 6.91. The summed E-state index contributed by atoms with van der Waals surface area (Å²) in [6.45, 7) is 1.50. The Bertz CT molecular complexity index is 425. The molecule has 0 amide bonds. The van der Waals surface area contributed by atoms with Crippen LogP contribution in [0, 0.1) is 5.92 Å². The van der Waals surface area contributed by atoms with E-state index in [9.17, 15) is 10.2 Å². The van der Waals surface area contributed by atoms with E-state index in [0.29, 0.717) is 17.5 Å². The van der Waals surface area contributed by atoms with Gasteiger partial charge in [0.25, 0.3) is 0 Å². The van der Waals surface area contributed by atoms with Crippen LogP contribution in [-0.2, 0) is 6.54 Å². The van der Waals surface area contributed by atoms with E-state index in [4.69, 9.17) is 11.6 Å². The van der Waals surface area contributed by atoms with E-state index in [1.165, 1.54) is 6.42 Å². The van der Waals surface area contributed by atoms with Crippen LogP contribution in [0.1, 0.15) is 31.2 Å². The third-order valence-corrected chi connectivity index (χ3v) is 4.23. The maximum Gasteiger partial charge on any atom is 0.138 e. The van der Waals surface area contributed by atoms with Crippen LogP contribution in [0.25, 0.3) is 0 Å². The minimum atomic E-state index is -0.177. The van der Waals surface area contributed by atoms with E-state index in [2.05, 4.69) is 4.90 Å². The van der Waals surface area contributed by atoms with E-state index in [-0.39, 0.29) is 11.9 Å². The quantitative estimate of drug-likeness (QED) is 0.893. The van der Waals surface area contributed by atoms with Crippen molar-refractivity contribution in [2.45, 2.75) is 38.3 Å². The largest absolute Gasteiger partial charge is 0.506 e. The molecule has 1 aliphatic carbocycles. The summed E-state index contributed by atoms with van der Waals surface area (Å²) in [5.41, 5.74) is 0.834. The molecule has 106 valence electrons. The topological polar surface area (TPSA) is 43.7 Å². The molecule has 1 saturated carbocycles. The summed E-state index contributed by atoms with van der Waals surface area (Å²) in [6.07, 6.45) is 4.17. The summed E-state index contributed by atoms with van der Waals surface area (Å²) in [5, 5.41) is 20.3. The standard InChI is InChI=1S/C15H22ClNO2/c1-17(9-11-5-2-3-8-14(11)18)10-12-6-4-7-13(16)15(12)19/h4,6-7,11,14,18-19H,2-3,5,8-10H2,1H3. The molecule has 0 bridgehead atoms. The number of benzene rings is 1. The summed E-state index contributed by atoms with van der Waals surface area (Å²) in [5.74, 6) is 0.514. The second-order valence-corrected chi connectivity index (χ2v) is 5.96. The second-order valence-electron chi connectivity index (χ2n) is 5.56. The smallest absolute Gasteiger partial charge is 0.138 e. The number of rotatable bonds is 4. The Balaban J connectivity index is 1.93. The van der Waals surface area contributed by atoms with Crippen LogP contribution in [-0.4, -0.2) is 34.8 Å². The molecule has 0 saturated heterocycles. The molecular formula is C15H22ClNO2. The van der Waals surface area contributed by atoms with Crippen molar-refractivity contribution in [2.75, 3.05) is 13.6 Å². The fraction of sp³-hybridized carbons (Fsp3) is 0.600. The first-order valence-corrected chi connectivity index (χ1v) is 7.28. The highest BCUT2D eigenvalue weighted by Crippen LogP contribution is 2.29. The molecule has 1 aromatic carbocycles. The number of hydrogen-bond acceptors (Lipinski definition) is 3. The van der Waals surface area contributed by atoms with Crippen LogP contribution in [0.4, 0.5) is 0 Å². The lowest BCUT2D eigenvalue weighted by molar-refractivity contribution is 0.0501. The maximum absolute atomic E-state index is 9.99. The van der Waals surface area contributed by atoms with Gasteiger partial charge in [-0.3, -0.25) is 0 Å². The van der Waals surface area contributed by atoms with Gasteiger partial charge in [-0.2, -0.15) is 0 Å². The van der Waals surface area contributed by atoms with Gasteiger partial charge in [-0.05, 0) is 31.9 Å². The Morgan fingerprint density at radius 1 is 1.32 bits per heavy atom. The van der Waals surface area contributed by atoms with Crippen LogP contribution in [0.2, 0.25) is 5.02 Å². The average molecular weight is 284 g/mol. The van der Waals surface area contributed by atoms with Gasteiger partial charge in [-0.25, -0.2) is 0 Å².